The van der Waals surface area contributed by atoms with Gasteiger partial charge in [-0.25, -0.2) is 0 Å². The lowest BCUT2D eigenvalue weighted by molar-refractivity contribution is 0.570. The molecule has 6 nitrogen and oxygen atoms in total. The molecule has 6 heteroatoms. The Morgan fingerprint density at radius 1 is 0.397 bits per heavy atom. The molecule has 0 spiro atoms. The van der Waals surface area contributed by atoms with Crippen molar-refractivity contribution in [2.45, 2.75) is 0 Å². The van der Waals surface area contributed by atoms with Crippen molar-refractivity contribution in [2.24, 2.45) is 7.05 Å². The maximum absolute atomic E-state index is 6.99. The third-order valence-electron chi connectivity index (χ3n) is 14.2. The van der Waals surface area contributed by atoms with Crippen molar-refractivity contribution in [3.8, 4) is 33.4 Å². The van der Waals surface area contributed by atoms with E-state index in [2.05, 4.69) is 159 Å². The van der Waals surface area contributed by atoms with Gasteiger partial charge >= 0.3 is 0 Å². The molecule has 0 atom stereocenters. The van der Waals surface area contributed by atoms with Crippen LogP contribution < -0.4 is 4.48 Å². The first kappa shape index (κ1) is 33.6. The van der Waals surface area contributed by atoms with Gasteiger partial charge in [-0.1, -0.05) is 91.0 Å². The summed E-state index contributed by atoms with van der Waals surface area (Å²) in [6.45, 7) is 0. The summed E-state index contributed by atoms with van der Waals surface area (Å²) in [6, 6.07) is 56.0. The summed E-state index contributed by atoms with van der Waals surface area (Å²) < 4.78 is 29.7. The zero-order valence-corrected chi connectivity index (χ0v) is 34.5. The highest BCUT2D eigenvalue weighted by molar-refractivity contribution is 6.32. The molecule has 14 aromatic rings. The van der Waals surface area contributed by atoms with Crippen LogP contribution in [0.1, 0.15) is 0 Å². The summed E-state index contributed by atoms with van der Waals surface area (Å²) in [5.41, 5.74) is 18.4. The minimum Gasteiger partial charge on any atom is -0.456 e. The van der Waals surface area contributed by atoms with Gasteiger partial charge < -0.3 is 22.2 Å². The molecule has 296 valence electrons. The fourth-order valence-electron chi connectivity index (χ4n) is 11.4. The Kier molecular flexibility index (Phi) is 6.11. The quantitative estimate of drug-likeness (QED) is 0.163. The first-order valence-electron chi connectivity index (χ1n) is 21.5. The SMILES string of the molecule is Cn1c2cc(-c3ccc4c(c3)oc3ccccc34)c3oc4ccccc4c3c2c2ccc3c(c21)[N+](C)(C)c1cc(-c2ccc4c(c2)oc2ccccc24)c2c(oc4ccccc42)c1-3. The number of fused-ring (bicyclic) bond motifs is 21. The Morgan fingerprint density at radius 3 is 1.54 bits per heavy atom. The summed E-state index contributed by atoms with van der Waals surface area (Å²) >= 11 is 0. The van der Waals surface area contributed by atoms with Gasteiger partial charge in [-0.05, 0) is 77.4 Å². The van der Waals surface area contributed by atoms with Crippen molar-refractivity contribution in [3.63, 3.8) is 0 Å². The first-order valence-corrected chi connectivity index (χ1v) is 21.5. The molecule has 63 heavy (non-hydrogen) atoms. The molecule has 0 unspecified atom stereocenters. The molecule has 5 aromatic heterocycles. The van der Waals surface area contributed by atoms with E-state index in [-0.39, 0.29) is 0 Å². The fourth-order valence-corrected chi connectivity index (χ4v) is 11.4. The average Bonchev–Trinajstić information content (AvgIpc) is 4.15. The topological polar surface area (TPSA) is 57.5 Å². The van der Waals surface area contributed by atoms with E-state index in [1.165, 1.54) is 33.2 Å². The summed E-state index contributed by atoms with van der Waals surface area (Å²) in [7, 11) is 6.86. The van der Waals surface area contributed by atoms with Crippen molar-refractivity contribution in [1.82, 2.24) is 9.05 Å². The molecule has 1 aliphatic rings. The van der Waals surface area contributed by atoms with E-state index in [9.17, 15) is 0 Å². The van der Waals surface area contributed by atoms with E-state index in [1.54, 1.807) is 0 Å². The van der Waals surface area contributed by atoms with E-state index >= 15 is 0 Å². The van der Waals surface area contributed by atoms with Crippen LogP contribution in [0.2, 0.25) is 0 Å². The summed E-state index contributed by atoms with van der Waals surface area (Å²) in [4.78, 5) is 0. The number of furan rings is 4. The van der Waals surface area contributed by atoms with Crippen LogP contribution in [0, 0.1) is 0 Å². The molecule has 0 saturated heterocycles. The molecule has 0 saturated carbocycles. The highest BCUT2D eigenvalue weighted by Gasteiger charge is 2.43. The van der Waals surface area contributed by atoms with Crippen LogP contribution in [-0.2, 0) is 7.05 Å². The number of aromatic nitrogens is 1. The predicted molar refractivity (Wildman–Crippen MR) is 259 cm³/mol. The monoisotopic (exact) mass is 811 g/mol. The molecule has 0 bridgehead atoms. The zero-order valence-electron chi connectivity index (χ0n) is 34.5. The Morgan fingerprint density at radius 2 is 0.905 bits per heavy atom. The molecule has 15 rings (SSSR count). The van der Waals surface area contributed by atoms with E-state index in [1.807, 2.05) is 24.3 Å². The second-order valence-electron chi connectivity index (χ2n) is 17.7. The third-order valence-corrected chi connectivity index (χ3v) is 14.2. The van der Waals surface area contributed by atoms with Gasteiger partial charge in [0.15, 0.2) is 5.69 Å². The van der Waals surface area contributed by atoms with E-state index in [0.717, 1.165) is 121 Å². The second-order valence-corrected chi connectivity index (χ2v) is 17.7. The van der Waals surface area contributed by atoms with E-state index in [0.29, 0.717) is 4.48 Å². The molecule has 0 fully saturated rings. The van der Waals surface area contributed by atoms with Gasteiger partial charge in [0.1, 0.15) is 55.9 Å². The predicted octanol–water partition coefficient (Wildman–Crippen LogP) is 16.1. The zero-order chi connectivity index (χ0) is 41.5. The van der Waals surface area contributed by atoms with Crippen molar-refractivity contribution >= 4 is 121 Å². The number of nitrogens with zero attached hydrogens (tertiary/aromatic N) is 2. The maximum atomic E-state index is 6.99. The van der Waals surface area contributed by atoms with Gasteiger partial charge in [-0.3, -0.25) is 4.48 Å². The second kappa shape index (κ2) is 11.4. The molecule has 6 heterocycles. The molecular formula is C57H35N2O4+. The summed E-state index contributed by atoms with van der Waals surface area (Å²) in [5.74, 6) is 0. The summed E-state index contributed by atoms with van der Waals surface area (Å²) in [6.07, 6.45) is 0. The van der Waals surface area contributed by atoms with Crippen LogP contribution in [0.4, 0.5) is 11.4 Å². The maximum Gasteiger partial charge on any atom is 0.170 e. The number of rotatable bonds is 2. The largest absolute Gasteiger partial charge is 0.456 e. The number of hydrogen-bond acceptors (Lipinski definition) is 4. The molecule has 1 aliphatic heterocycles. The van der Waals surface area contributed by atoms with Crippen LogP contribution in [0.5, 0.6) is 0 Å². The van der Waals surface area contributed by atoms with Crippen molar-refractivity contribution in [2.75, 3.05) is 14.1 Å². The number of quaternary nitrogens is 1. The van der Waals surface area contributed by atoms with Crippen LogP contribution in [0.25, 0.3) is 143 Å². The molecule has 9 aromatic carbocycles. The smallest absolute Gasteiger partial charge is 0.170 e. The third kappa shape index (κ3) is 4.16. The Hall–Kier alpha value is -8.06. The van der Waals surface area contributed by atoms with Gasteiger partial charge in [0.2, 0.25) is 0 Å². The van der Waals surface area contributed by atoms with Crippen molar-refractivity contribution in [1.29, 1.82) is 0 Å². The Balaban J connectivity index is 1.02. The molecule has 0 aliphatic carbocycles. The fraction of sp³-hybridized carbons (Fsp3) is 0.0526. The lowest BCUT2D eigenvalue weighted by atomic mass is 9.93. The van der Waals surface area contributed by atoms with Gasteiger partial charge in [0.05, 0.1) is 30.7 Å². The highest BCUT2D eigenvalue weighted by Crippen LogP contribution is 2.60. The number of hydrogen-bond donors (Lipinski definition) is 0. The number of aryl methyl sites for hydroxylation is 1. The van der Waals surface area contributed by atoms with Gasteiger partial charge in [0, 0.05) is 72.5 Å². The standard InChI is InChI=1S/C57H35N2O4/c1-58-42-28-41(31-21-23-35-33-13-5-9-17-45(33)61-49(35)27-31)56-53(37-15-7-11-19-47(37)62-56)51(42)38-24-25-39-52-43(59(2,3)55(39)54(38)58)29-40(50-36-14-6-10-18-46(36)63-57(50)52)30-20-22-34-32-12-4-8-16-44(32)60-48(34)26-30/h4-29H,1-3H3/q+1. The minimum absolute atomic E-state index is 0.532. The van der Waals surface area contributed by atoms with Crippen LogP contribution in [0.3, 0.4) is 0 Å². The van der Waals surface area contributed by atoms with Crippen LogP contribution in [-0.4, -0.2) is 18.7 Å². The first-order chi connectivity index (χ1) is 30.9. The highest BCUT2D eigenvalue weighted by atomic mass is 16.3. The van der Waals surface area contributed by atoms with E-state index < -0.39 is 0 Å². The van der Waals surface area contributed by atoms with Crippen LogP contribution in [0.15, 0.2) is 175 Å². The molecule has 0 radical (unpaired) electrons. The van der Waals surface area contributed by atoms with Gasteiger partial charge in [0.25, 0.3) is 0 Å². The Labute approximate surface area is 358 Å². The number of benzene rings is 9. The molecule has 0 N–H and O–H groups in total. The molecular weight excluding hydrogens is 777 g/mol. The summed E-state index contributed by atoms with van der Waals surface area (Å²) in [5, 5.41) is 11.3. The average molecular weight is 812 g/mol. The van der Waals surface area contributed by atoms with Crippen molar-refractivity contribution < 1.29 is 17.7 Å². The lowest BCUT2D eigenvalue weighted by Crippen LogP contribution is -2.32. The lowest BCUT2D eigenvalue weighted by Gasteiger charge is -2.26. The van der Waals surface area contributed by atoms with Crippen LogP contribution >= 0.6 is 0 Å². The normalized spacial score (nSPS) is 13.8. The molecule has 0 amide bonds. The van der Waals surface area contributed by atoms with E-state index in [4.69, 9.17) is 17.7 Å². The van der Waals surface area contributed by atoms with Gasteiger partial charge in [-0.15, -0.1) is 0 Å². The minimum atomic E-state index is 0.532. The number of para-hydroxylation sites is 4. The van der Waals surface area contributed by atoms with Crippen molar-refractivity contribution in [3.05, 3.63) is 158 Å². The van der Waals surface area contributed by atoms with Gasteiger partial charge in [-0.2, -0.15) is 0 Å². The Bertz CT molecular complexity index is 4370.